The van der Waals surface area contributed by atoms with Gasteiger partial charge in [0.25, 0.3) is 5.91 Å². The number of hydrogen-bond acceptors (Lipinski definition) is 6. The molecule has 0 atom stereocenters. The molecule has 0 unspecified atom stereocenters. The van der Waals surface area contributed by atoms with Gasteiger partial charge in [-0.05, 0) is 42.3 Å². The van der Waals surface area contributed by atoms with Gasteiger partial charge in [0.1, 0.15) is 19.1 Å². The number of carbonyl (C=O) groups is 3. The number of fused-ring (bicyclic) bond motifs is 2. The van der Waals surface area contributed by atoms with Gasteiger partial charge in [-0.2, -0.15) is 5.06 Å². The van der Waals surface area contributed by atoms with Crippen LogP contribution in [0.2, 0.25) is 0 Å². The van der Waals surface area contributed by atoms with Gasteiger partial charge in [0.05, 0.1) is 30.4 Å². The number of ether oxygens (including phenoxy) is 1. The Morgan fingerprint density at radius 1 is 1.13 bits per heavy atom. The molecule has 0 saturated heterocycles. The lowest BCUT2D eigenvalue weighted by Crippen LogP contribution is -2.49. The summed E-state index contributed by atoms with van der Waals surface area (Å²) in [5.74, 6) is -0.0379. The Morgan fingerprint density at radius 2 is 1.95 bits per heavy atom. The zero-order valence-electron chi connectivity index (χ0n) is 20.4. The molecule has 0 saturated carbocycles. The van der Waals surface area contributed by atoms with Crippen LogP contribution in [-0.4, -0.2) is 61.1 Å². The molecule has 3 aromatic rings. The molecule has 1 aliphatic rings. The Bertz CT molecular complexity index is 1390. The fourth-order valence-electron chi connectivity index (χ4n) is 4.03. The number of nitrogens with zero attached hydrogens (tertiary/aromatic N) is 3. The summed E-state index contributed by atoms with van der Waals surface area (Å²) < 4.78 is 32.2. The van der Waals surface area contributed by atoms with Gasteiger partial charge in [-0.25, -0.2) is 28.8 Å². The van der Waals surface area contributed by atoms with Crippen LogP contribution in [0.1, 0.15) is 15.9 Å². The molecule has 0 fully saturated rings. The van der Waals surface area contributed by atoms with Crippen LogP contribution in [0.25, 0.3) is 10.9 Å². The van der Waals surface area contributed by atoms with Crippen LogP contribution in [0.15, 0.2) is 54.9 Å². The van der Waals surface area contributed by atoms with Crippen molar-refractivity contribution in [3.05, 3.63) is 66.0 Å². The van der Waals surface area contributed by atoms with Gasteiger partial charge in [0.2, 0.25) is 0 Å². The number of carbonyl (C=O) groups excluding carboxylic acids is 3. The number of halogens is 2. The van der Waals surface area contributed by atoms with Gasteiger partial charge in [0.15, 0.2) is 5.75 Å². The minimum atomic E-state index is -1.00. The average Bonchev–Trinajstić information content (AvgIpc) is 3.33. The quantitative estimate of drug-likeness (QED) is 0.385. The second kappa shape index (κ2) is 11.5. The molecule has 13 heteroatoms. The van der Waals surface area contributed by atoms with Crippen LogP contribution in [0.4, 0.5) is 24.1 Å². The number of benzene rings is 2. The highest BCUT2D eigenvalue weighted by Crippen LogP contribution is 2.35. The largest absolute Gasteiger partial charge is 0.496 e. The highest BCUT2D eigenvalue weighted by atomic mass is 19.1. The standard InChI is InChI=1S/C25H26F2N6O5/c1-37-22-15-21-16(14-19(22)23(34)32(12-8-27)30-24(28)35)3-2-10-33(21)38-18-4-5-20-17(13-18)6-11-31(20)25(36)29-9-7-26/h2,4-6,10-11,13-15H,3,7-9,12H2,1H3,(H,29,36)(H3,28,30,35). The molecule has 1 aliphatic heterocycles. The number of hydroxylamine groups is 1. The molecule has 0 bridgehead atoms. The van der Waals surface area contributed by atoms with E-state index in [4.69, 9.17) is 15.3 Å². The zero-order valence-corrected chi connectivity index (χ0v) is 20.4. The normalized spacial score (nSPS) is 12.1. The van der Waals surface area contributed by atoms with E-state index in [2.05, 4.69) is 10.7 Å². The molecule has 0 radical (unpaired) electrons. The van der Waals surface area contributed by atoms with Crippen LogP contribution >= 0.6 is 0 Å². The molecule has 4 N–H and O–H groups in total. The Balaban J connectivity index is 1.60. The molecule has 0 aliphatic carbocycles. The van der Waals surface area contributed by atoms with Crippen molar-refractivity contribution in [3.63, 3.8) is 0 Å². The number of hydrogen-bond donors (Lipinski definition) is 3. The van der Waals surface area contributed by atoms with Crippen LogP contribution in [0, 0.1) is 0 Å². The number of primary amides is 1. The fraction of sp³-hybridized carbons (Fsp3) is 0.240. The van der Waals surface area contributed by atoms with Gasteiger partial charge in [-0.3, -0.25) is 9.36 Å². The first-order valence-electron chi connectivity index (χ1n) is 11.6. The van der Waals surface area contributed by atoms with Crippen molar-refractivity contribution >= 4 is 34.6 Å². The number of alkyl halides is 2. The molecule has 4 rings (SSSR count). The van der Waals surface area contributed by atoms with Gasteiger partial charge >= 0.3 is 12.1 Å². The number of hydrazine groups is 1. The van der Waals surface area contributed by atoms with E-state index in [0.717, 1.165) is 10.4 Å². The van der Waals surface area contributed by atoms with Crippen molar-refractivity contribution in [1.82, 2.24) is 20.3 Å². The maximum Gasteiger partial charge on any atom is 0.331 e. The van der Waals surface area contributed by atoms with E-state index in [1.807, 2.05) is 6.08 Å². The van der Waals surface area contributed by atoms with E-state index in [9.17, 15) is 23.2 Å². The smallest absolute Gasteiger partial charge is 0.331 e. The summed E-state index contributed by atoms with van der Waals surface area (Å²) in [6.45, 7) is -2.01. The van der Waals surface area contributed by atoms with Crippen molar-refractivity contribution in [1.29, 1.82) is 0 Å². The number of nitrogens with two attached hydrogens (primary N) is 1. The highest BCUT2D eigenvalue weighted by molar-refractivity contribution is 5.99. The zero-order chi connectivity index (χ0) is 27.2. The molecule has 2 aromatic carbocycles. The molecule has 200 valence electrons. The minimum absolute atomic E-state index is 0.0767. The number of methoxy groups -OCH3 is 1. The molecular weight excluding hydrogens is 502 g/mol. The summed E-state index contributed by atoms with van der Waals surface area (Å²) in [6.07, 6.45) is 5.60. The molecular formula is C25H26F2N6O5. The van der Waals surface area contributed by atoms with Gasteiger partial charge in [-0.1, -0.05) is 6.08 Å². The Labute approximate surface area is 216 Å². The van der Waals surface area contributed by atoms with Crippen molar-refractivity contribution in [2.24, 2.45) is 5.73 Å². The number of aromatic nitrogens is 1. The van der Waals surface area contributed by atoms with Gasteiger partial charge in [-0.15, -0.1) is 0 Å². The Morgan fingerprint density at radius 3 is 2.66 bits per heavy atom. The number of anilines is 1. The third-order valence-electron chi connectivity index (χ3n) is 5.70. The highest BCUT2D eigenvalue weighted by Gasteiger charge is 2.25. The first-order chi connectivity index (χ1) is 18.4. The van der Waals surface area contributed by atoms with Crippen molar-refractivity contribution in [3.8, 4) is 11.5 Å². The summed E-state index contributed by atoms with van der Waals surface area (Å²) in [6, 6.07) is 8.63. The topological polar surface area (TPSA) is 131 Å². The van der Waals surface area contributed by atoms with Crippen LogP contribution < -0.4 is 31.1 Å². The number of nitrogens with one attached hydrogen (secondary N) is 2. The number of allylic oxidation sites excluding steroid dienone is 1. The molecule has 38 heavy (non-hydrogen) atoms. The second-order valence-electron chi connectivity index (χ2n) is 8.14. The average molecular weight is 529 g/mol. The van der Waals surface area contributed by atoms with Crippen LogP contribution in [0.3, 0.4) is 0 Å². The third-order valence-corrected chi connectivity index (χ3v) is 5.70. The predicted molar refractivity (Wildman–Crippen MR) is 135 cm³/mol. The van der Waals surface area contributed by atoms with Gasteiger partial charge in [0, 0.05) is 30.4 Å². The van der Waals surface area contributed by atoms with Crippen molar-refractivity contribution in [2.75, 3.05) is 38.6 Å². The summed E-state index contributed by atoms with van der Waals surface area (Å²) in [4.78, 5) is 42.6. The molecule has 2 heterocycles. The molecule has 1 aromatic heterocycles. The minimum Gasteiger partial charge on any atom is -0.496 e. The van der Waals surface area contributed by atoms with Crippen LogP contribution in [-0.2, 0) is 6.42 Å². The number of amides is 4. The first kappa shape index (κ1) is 26.3. The van der Waals surface area contributed by atoms with E-state index >= 15 is 0 Å². The SMILES string of the molecule is COc1cc2c(cc1C(=O)N(CCF)NC(N)=O)CC=CN2Oc1ccc2c(ccn2C(=O)NCCF)c1. The van der Waals surface area contributed by atoms with E-state index in [1.54, 1.807) is 48.8 Å². The summed E-state index contributed by atoms with van der Waals surface area (Å²) in [7, 11) is 1.38. The number of rotatable bonds is 8. The summed E-state index contributed by atoms with van der Waals surface area (Å²) in [5.41, 5.74) is 9.28. The summed E-state index contributed by atoms with van der Waals surface area (Å²) >= 11 is 0. The second-order valence-corrected chi connectivity index (χ2v) is 8.14. The maximum atomic E-state index is 13.0. The third kappa shape index (κ3) is 5.45. The Kier molecular flexibility index (Phi) is 7.94. The Hall–Kier alpha value is -4.81. The lowest BCUT2D eigenvalue weighted by atomic mass is 10.0. The van der Waals surface area contributed by atoms with E-state index in [0.29, 0.717) is 28.9 Å². The fourth-order valence-corrected chi connectivity index (χ4v) is 4.03. The first-order valence-corrected chi connectivity index (χ1v) is 11.6. The van der Waals surface area contributed by atoms with Crippen molar-refractivity contribution < 1.29 is 32.7 Å². The van der Waals surface area contributed by atoms with E-state index in [1.165, 1.54) is 16.7 Å². The molecule has 0 spiro atoms. The van der Waals surface area contributed by atoms with Gasteiger partial charge < -0.3 is 20.6 Å². The van der Waals surface area contributed by atoms with Crippen LogP contribution in [0.5, 0.6) is 11.5 Å². The van der Waals surface area contributed by atoms with E-state index < -0.39 is 37.9 Å². The van der Waals surface area contributed by atoms with Crippen molar-refractivity contribution in [2.45, 2.75) is 6.42 Å². The summed E-state index contributed by atoms with van der Waals surface area (Å²) in [5, 5.41) is 5.50. The molecule has 4 amide bonds. The lowest BCUT2D eigenvalue weighted by Gasteiger charge is -2.28. The predicted octanol–water partition coefficient (Wildman–Crippen LogP) is 3.04. The molecule has 11 nitrogen and oxygen atoms in total. The maximum absolute atomic E-state index is 13.0. The lowest BCUT2D eigenvalue weighted by molar-refractivity contribution is 0.0669. The monoisotopic (exact) mass is 528 g/mol. The van der Waals surface area contributed by atoms with E-state index in [-0.39, 0.29) is 17.9 Å². The number of urea groups is 1.